The van der Waals surface area contributed by atoms with Crippen LogP contribution in [-0.2, 0) is 14.8 Å². The van der Waals surface area contributed by atoms with Gasteiger partial charge in [-0.2, -0.15) is 0 Å². The summed E-state index contributed by atoms with van der Waals surface area (Å²) < 4.78 is 32.0. The Morgan fingerprint density at radius 3 is 2.48 bits per heavy atom. The molecule has 118 valence electrons. The minimum absolute atomic E-state index is 0.0312. The van der Waals surface area contributed by atoms with Crippen molar-refractivity contribution in [2.45, 2.75) is 31.3 Å². The molecule has 8 nitrogen and oxygen atoms in total. The number of nitro groups is 1. The number of hydrogen-bond acceptors (Lipinski definition) is 6. The number of nitrogen functional groups attached to an aromatic ring is 1. The number of anilines is 1. The first-order chi connectivity index (χ1) is 9.50. The highest BCUT2D eigenvalue weighted by Crippen LogP contribution is 2.28. The van der Waals surface area contributed by atoms with Gasteiger partial charge in [0.05, 0.1) is 15.4 Å². The molecule has 1 aromatic carbocycles. The molecule has 0 radical (unpaired) electrons. The van der Waals surface area contributed by atoms with E-state index in [1.54, 1.807) is 13.8 Å². The van der Waals surface area contributed by atoms with Crippen LogP contribution in [0.2, 0.25) is 0 Å². The maximum absolute atomic E-state index is 12.3. The zero-order chi connectivity index (χ0) is 16.4. The number of hydrogen-bond donors (Lipinski definition) is 2. The Balaban J connectivity index is 3.20. The largest absolute Gasteiger partial charge is 0.393 e. The smallest absolute Gasteiger partial charge is 0.293 e. The number of benzene rings is 1. The Kier molecular flexibility index (Phi) is 4.92. The fourth-order valence-corrected chi connectivity index (χ4v) is 3.01. The van der Waals surface area contributed by atoms with Crippen molar-refractivity contribution in [3.05, 3.63) is 27.8 Å². The highest BCUT2D eigenvalue weighted by Gasteiger charge is 2.26. The summed E-state index contributed by atoms with van der Waals surface area (Å²) >= 11 is 0. The quantitative estimate of drug-likeness (QED) is 0.461. The average Bonchev–Trinajstić information content (AvgIpc) is 2.36. The number of nitrogens with one attached hydrogen (secondary N) is 1. The summed E-state index contributed by atoms with van der Waals surface area (Å²) in [5, 5.41) is 10.9. The molecule has 0 unspecified atom stereocenters. The minimum Gasteiger partial charge on any atom is -0.393 e. The van der Waals surface area contributed by atoms with E-state index in [-0.39, 0.29) is 17.1 Å². The van der Waals surface area contributed by atoms with Gasteiger partial charge in [0, 0.05) is 19.7 Å². The van der Waals surface area contributed by atoms with Crippen LogP contribution in [0.5, 0.6) is 0 Å². The number of aryl methyl sites for hydroxylation is 1. The van der Waals surface area contributed by atoms with E-state index in [0.29, 0.717) is 5.56 Å². The third-order valence-corrected chi connectivity index (χ3v) is 4.59. The van der Waals surface area contributed by atoms with Gasteiger partial charge in [0.25, 0.3) is 5.69 Å². The lowest BCUT2D eigenvalue weighted by molar-refractivity contribution is -0.384. The first-order valence-electron chi connectivity index (χ1n) is 6.09. The Hall–Kier alpha value is -1.71. The Morgan fingerprint density at radius 1 is 1.43 bits per heavy atom. The molecule has 0 spiro atoms. The first kappa shape index (κ1) is 17.3. The number of sulfonamides is 1. The first-order valence-corrected chi connectivity index (χ1v) is 7.58. The number of nitrogens with zero attached hydrogens (tertiary/aromatic N) is 1. The highest BCUT2D eigenvalue weighted by atomic mass is 32.2. The molecule has 0 aliphatic rings. The lowest BCUT2D eigenvalue weighted by Gasteiger charge is -2.23. The van der Waals surface area contributed by atoms with Crippen molar-refractivity contribution in [1.82, 2.24) is 4.72 Å². The number of nitrogens with two attached hydrogens (primary N) is 1. The van der Waals surface area contributed by atoms with Crippen molar-refractivity contribution in [3.8, 4) is 0 Å². The van der Waals surface area contributed by atoms with Gasteiger partial charge in [0.15, 0.2) is 0 Å². The van der Waals surface area contributed by atoms with Gasteiger partial charge >= 0.3 is 0 Å². The van der Waals surface area contributed by atoms with E-state index in [2.05, 4.69) is 4.72 Å². The summed E-state index contributed by atoms with van der Waals surface area (Å²) in [5.74, 6) is 0. The van der Waals surface area contributed by atoms with E-state index >= 15 is 0 Å². The molecule has 0 aromatic heterocycles. The Bertz CT molecular complexity index is 655. The second kappa shape index (κ2) is 5.96. The van der Waals surface area contributed by atoms with Crippen LogP contribution in [0.15, 0.2) is 17.0 Å². The van der Waals surface area contributed by atoms with Crippen LogP contribution in [0.25, 0.3) is 0 Å². The molecule has 0 saturated heterocycles. The molecule has 0 amide bonds. The zero-order valence-corrected chi connectivity index (χ0v) is 13.2. The molecule has 0 fully saturated rings. The number of nitro benzene ring substituents is 1. The number of ether oxygens (including phenoxy) is 1. The van der Waals surface area contributed by atoms with Crippen molar-refractivity contribution in [2.24, 2.45) is 0 Å². The van der Waals surface area contributed by atoms with Crippen molar-refractivity contribution >= 4 is 21.4 Å². The van der Waals surface area contributed by atoms with Gasteiger partial charge in [-0.25, -0.2) is 13.1 Å². The molecule has 0 bridgehead atoms. The second-order valence-electron chi connectivity index (χ2n) is 5.22. The standard InChI is InChI=1S/C12H19N3O5S/c1-8-5-9(13)10(15(16)17)6-11(8)21(18,19)14-7-12(2,3)20-4/h5-6,14H,7,13H2,1-4H3. The molecular weight excluding hydrogens is 298 g/mol. The SMILES string of the molecule is COC(C)(C)CNS(=O)(=O)c1cc([N+](=O)[O-])c(N)cc1C. The predicted octanol–water partition coefficient (Wildman–Crippen LogP) is 1.19. The van der Waals surface area contributed by atoms with Gasteiger partial charge in [0.2, 0.25) is 10.0 Å². The summed E-state index contributed by atoms with van der Waals surface area (Å²) in [6.45, 7) is 4.99. The van der Waals surface area contributed by atoms with E-state index in [9.17, 15) is 18.5 Å². The van der Waals surface area contributed by atoms with Crippen LogP contribution >= 0.6 is 0 Å². The fourth-order valence-electron chi connectivity index (χ4n) is 1.57. The molecule has 21 heavy (non-hydrogen) atoms. The number of rotatable bonds is 6. The molecule has 0 saturated carbocycles. The van der Waals surface area contributed by atoms with Crippen LogP contribution in [0, 0.1) is 17.0 Å². The van der Waals surface area contributed by atoms with Gasteiger partial charge < -0.3 is 10.5 Å². The van der Waals surface area contributed by atoms with Crippen LogP contribution in [0.4, 0.5) is 11.4 Å². The van der Waals surface area contributed by atoms with E-state index < -0.39 is 26.2 Å². The zero-order valence-electron chi connectivity index (χ0n) is 12.3. The third kappa shape index (κ3) is 4.13. The predicted molar refractivity (Wildman–Crippen MR) is 78.5 cm³/mol. The lowest BCUT2D eigenvalue weighted by atomic mass is 10.1. The molecule has 1 rings (SSSR count). The lowest BCUT2D eigenvalue weighted by Crippen LogP contribution is -2.39. The van der Waals surface area contributed by atoms with Crippen LogP contribution < -0.4 is 10.5 Å². The maximum Gasteiger partial charge on any atom is 0.293 e. The van der Waals surface area contributed by atoms with Gasteiger partial charge in [0.1, 0.15) is 5.69 Å². The van der Waals surface area contributed by atoms with E-state index in [1.165, 1.54) is 20.1 Å². The van der Waals surface area contributed by atoms with Crippen molar-refractivity contribution in [2.75, 3.05) is 19.4 Å². The summed E-state index contributed by atoms with van der Waals surface area (Å²) in [5.41, 5.74) is 4.65. The molecule has 0 heterocycles. The van der Waals surface area contributed by atoms with Gasteiger partial charge in [-0.15, -0.1) is 0 Å². The van der Waals surface area contributed by atoms with E-state index in [4.69, 9.17) is 10.5 Å². The Morgan fingerprint density at radius 2 is 2.00 bits per heavy atom. The summed E-state index contributed by atoms with van der Waals surface area (Å²) in [6.07, 6.45) is 0. The summed E-state index contributed by atoms with van der Waals surface area (Å²) in [6, 6.07) is 2.24. The van der Waals surface area contributed by atoms with E-state index in [0.717, 1.165) is 6.07 Å². The van der Waals surface area contributed by atoms with Crippen molar-refractivity contribution in [3.63, 3.8) is 0 Å². The van der Waals surface area contributed by atoms with Gasteiger partial charge in [-0.3, -0.25) is 10.1 Å². The average molecular weight is 317 g/mol. The van der Waals surface area contributed by atoms with Crippen molar-refractivity contribution < 1.29 is 18.1 Å². The molecule has 9 heteroatoms. The molecule has 0 aliphatic carbocycles. The van der Waals surface area contributed by atoms with Crippen LogP contribution in [0.3, 0.4) is 0 Å². The van der Waals surface area contributed by atoms with E-state index in [1.807, 2.05) is 0 Å². The number of methoxy groups -OCH3 is 1. The summed E-state index contributed by atoms with van der Waals surface area (Å²) in [7, 11) is -2.43. The minimum atomic E-state index is -3.90. The second-order valence-corrected chi connectivity index (χ2v) is 6.96. The topological polar surface area (TPSA) is 125 Å². The Labute approximate surface area is 123 Å². The monoisotopic (exact) mass is 317 g/mol. The maximum atomic E-state index is 12.3. The van der Waals surface area contributed by atoms with Crippen LogP contribution in [-0.4, -0.2) is 32.6 Å². The fraction of sp³-hybridized carbons (Fsp3) is 0.500. The third-order valence-electron chi connectivity index (χ3n) is 3.05. The normalized spacial score (nSPS) is 12.4. The molecular formula is C12H19N3O5S. The van der Waals surface area contributed by atoms with Crippen LogP contribution in [0.1, 0.15) is 19.4 Å². The molecule has 0 atom stereocenters. The highest BCUT2D eigenvalue weighted by molar-refractivity contribution is 7.89. The molecule has 0 aliphatic heterocycles. The molecule has 3 N–H and O–H groups in total. The van der Waals surface area contributed by atoms with Gasteiger partial charge in [-0.1, -0.05) is 0 Å². The van der Waals surface area contributed by atoms with Crippen molar-refractivity contribution in [1.29, 1.82) is 0 Å². The van der Waals surface area contributed by atoms with Gasteiger partial charge in [-0.05, 0) is 32.4 Å². The summed E-state index contributed by atoms with van der Waals surface area (Å²) in [4.78, 5) is 9.98. The molecule has 1 aromatic rings.